The van der Waals surface area contributed by atoms with Gasteiger partial charge in [-0.2, -0.15) is 0 Å². The van der Waals surface area contributed by atoms with E-state index in [1.807, 2.05) is 13.0 Å². The molecule has 4 heteroatoms. The Morgan fingerprint density at radius 2 is 2.11 bits per heavy atom. The predicted octanol–water partition coefficient (Wildman–Crippen LogP) is 2.86. The van der Waals surface area contributed by atoms with Crippen molar-refractivity contribution in [3.8, 4) is 0 Å². The summed E-state index contributed by atoms with van der Waals surface area (Å²) in [6.45, 7) is 8.77. The van der Waals surface area contributed by atoms with E-state index in [2.05, 4.69) is 28.7 Å². The SMILES string of the molecule is CC(=O)C1CCCCN1c1cc(C)nc(C(C)C)n1. The Labute approximate surface area is 115 Å². The lowest BCUT2D eigenvalue weighted by atomic mass is 9.99. The Kier molecular flexibility index (Phi) is 4.17. The van der Waals surface area contributed by atoms with Gasteiger partial charge in [0.05, 0.1) is 6.04 Å². The summed E-state index contributed by atoms with van der Waals surface area (Å²) in [5.41, 5.74) is 0.974. The molecule has 1 unspecified atom stereocenters. The Morgan fingerprint density at radius 3 is 2.74 bits per heavy atom. The van der Waals surface area contributed by atoms with Gasteiger partial charge in [0.15, 0.2) is 5.78 Å². The molecule has 1 fully saturated rings. The predicted molar refractivity (Wildman–Crippen MR) is 76.5 cm³/mol. The smallest absolute Gasteiger partial charge is 0.152 e. The van der Waals surface area contributed by atoms with Crippen LogP contribution in [0, 0.1) is 6.92 Å². The third-order valence-corrected chi connectivity index (χ3v) is 3.64. The van der Waals surface area contributed by atoms with Crippen LogP contribution in [-0.4, -0.2) is 28.3 Å². The molecule has 1 aromatic heterocycles. The van der Waals surface area contributed by atoms with Gasteiger partial charge in [-0.1, -0.05) is 13.8 Å². The van der Waals surface area contributed by atoms with Crippen molar-refractivity contribution in [3.63, 3.8) is 0 Å². The van der Waals surface area contributed by atoms with E-state index in [1.54, 1.807) is 6.92 Å². The lowest BCUT2D eigenvalue weighted by Crippen LogP contribution is -2.44. The zero-order chi connectivity index (χ0) is 14.0. The van der Waals surface area contributed by atoms with Crippen LogP contribution in [-0.2, 0) is 4.79 Å². The first-order valence-electron chi connectivity index (χ1n) is 7.11. The lowest BCUT2D eigenvalue weighted by Gasteiger charge is -2.35. The Bertz CT molecular complexity index is 470. The summed E-state index contributed by atoms with van der Waals surface area (Å²) in [5, 5.41) is 0. The molecule has 0 N–H and O–H groups in total. The summed E-state index contributed by atoms with van der Waals surface area (Å²) in [7, 11) is 0. The number of carbonyl (C=O) groups is 1. The zero-order valence-corrected chi connectivity index (χ0v) is 12.3. The molecule has 1 atom stereocenters. The van der Waals surface area contributed by atoms with Crippen LogP contribution in [0.25, 0.3) is 0 Å². The van der Waals surface area contributed by atoms with Crippen LogP contribution in [0.4, 0.5) is 5.82 Å². The van der Waals surface area contributed by atoms with Gasteiger partial charge in [-0.15, -0.1) is 0 Å². The molecule has 0 amide bonds. The summed E-state index contributed by atoms with van der Waals surface area (Å²) in [6.07, 6.45) is 3.20. The van der Waals surface area contributed by atoms with E-state index in [4.69, 9.17) is 0 Å². The molecule has 19 heavy (non-hydrogen) atoms. The molecule has 0 spiro atoms. The highest BCUT2D eigenvalue weighted by Crippen LogP contribution is 2.25. The van der Waals surface area contributed by atoms with Gasteiger partial charge in [0.25, 0.3) is 0 Å². The molecule has 0 aromatic carbocycles. The second-order valence-corrected chi connectivity index (χ2v) is 5.70. The molecular weight excluding hydrogens is 238 g/mol. The molecule has 104 valence electrons. The first-order chi connectivity index (χ1) is 8.99. The summed E-state index contributed by atoms with van der Waals surface area (Å²) >= 11 is 0. The molecule has 1 aromatic rings. The average molecular weight is 261 g/mol. The van der Waals surface area contributed by atoms with Gasteiger partial charge in [0.2, 0.25) is 0 Å². The second kappa shape index (κ2) is 5.68. The highest BCUT2D eigenvalue weighted by Gasteiger charge is 2.27. The maximum atomic E-state index is 11.8. The average Bonchev–Trinajstić information content (AvgIpc) is 2.37. The monoisotopic (exact) mass is 261 g/mol. The minimum Gasteiger partial charge on any atom is -0.346 e. The summed E-state index contributed by atoms with van der Waals surface area (Å²) < 4.78 is 0. The Morgan fingerprint density at radius 1 is 1.37 bits per heavy atom. The van der Waals surface area contributed by atoms with Gasteiger partial charge >= 0.3 is 0 Å². The summed E-state index contributed by atoms with van der Waals surface area (Å²) in [5.74, 6) is 2.32. The fourth-order valence-electron chi connectivity index (χ4n) is 2.61. The van der Waals surface area contributed by atoms with E-state index in [-0.39, 0.29) is 11.8 Å². The second-order valence-electron chi connectivity index (χ2n) is 5.70. The number of aromatic nitrogens is 2. The Balaban J connectivity index is 2.35. The summed E-state index contributed by atoms with van der Waals surface area (Å²) in [6, 6.07) is 1.98. The van der Waals surface area contributed by atoms with Crippen molar-refractivity contribution in [1.82, 2.24) is 9.97 Å². The molecule has 1 aliphatic heterocycles. The van der Waals surface area contributed by atoms with Gasteiger partial charge < -0.3 is 4.90 Å². The molecular formula is C15H23N3O. The molecule has 4 nitrogen and oxygen atoms in total. The number of ketones is 1. The van der Waals surface area contributed by atoms with E-state index in [1.165, 1.54) is 0 Å². The molecule has 2 heterocycles. The van der Waals surface area contributed by atoms with Crippen molar-refractivity contribution in [2.45, 2.75) is 58.9 Å². The van der Waals surface area contributed by atoms with Crippen molar-refractivity contribution < 1.29 is 4.79 Å². The minimum absolute atomic E-state index is 0.0111. The fourth-order valence-corrected chi connectivity index (χ4v) is 2.61. The van der Waals surface area contributed by atoms with Crippen LogP contribution in [0.3, 0.4) is 0 Å². The Hall–Kier alpha value is -1.45. The van der Waals surface area contributed by atoms with Crippen LogP contribution >= 0.6 is 0 Å². The van der Waals surface area contributed by atoms with Crippen LogP contribution in [0.2, 0.25) is 0 Å². The number of hydrogen-bond acceptors (Lipinski definition) is 4. The van der Waals surface area contributed by atoms with Gasteiger partial charge in [-0.25, -0.2) is 9.97 Å². The molecule has 0 saturated carbocycles. The van der Waals surface area contributed by atoms with Gasteiger partial charge in [0.1, 0.15) is 11.6 Å². The topological polar surface area (TPSA) is 46.1 Å². The van der Waals surface area contributed by atoms with Crippen molar-refractivity contribution in [2.24, 2.45) is 0 Å². The molecule has 0 aliphatic carbocycles. The zero-order valence-electron chi connectivity index (χ0n) is 12.3. The van der Waals surface area contributed by atoms with Gasteiger partial charge in [-0.3, -0.25) is 4.79 Å². The first-order valence-corrected chi connectivity index (χ1v) is 7.11. The van der Waals surface area contributed by atoms with E-state index in [0.29, 0.717) is 5.92 Å². The van der Waals surface area contributed by atoms with Crippen LogP contribution in [0.15, 0.2) is 6.07 Å². The van der Waals surface area contributed by atoms with Crippen molar-refractivity contribution in [3.05, 3.63) is 17.6 Å². The van der Waals surface area contributed by atoms with E-state index < -0.39 is 0 Å². The third-order valence-electron chi connectivity index (χ3n) is 3.64. The van der Waals surface area contributed by atoms with Crippen molar-refractivity contribution in [1.29, 1.82) is 0 Å². The van der Waals surface area contributed by atoms with Gasteiger partial charge in [0, 0.05) is 24.2 Å². The summed E-state index contributed by atoms with van der Waals surface area (Å²) in [4.78, 5) is 23.1. The molecule has 1 saturated heterocycles. The third kappa shape index (κ3) is 3.11. The number of Topliss-reactive ketones (excluding diaryl/α,β-unsaturated/α-hetero) is 1. The number of carbonyl (C=O) groups excluding carboxylic acids is 1. The lowest BCUT2D eigenvalue weighted by molar-refractivity contribution is -0.118. The maximum Gasteiger partial charge on any atom is 0.152 e. The minimum atomic E-state index is -0.0111. The maximum absolute atomic E-state index is 11.8. The molecule has 0 bridgehead atoms. The number of hydrogen-bond donors (Lipinski definition) is 0. The largest absolute Gasteiger partial charge is 0.346 e. The standard InChI is InChI=1S/C15H23N3O/c1-10(2)15-16-11(3)9-14(17-15)18-8-6-5-7-13(18)12(4)19/h9-10,13H,5-8H2,1-4H3. The highest BCUT2D eigenvalue weighted by atomic mass is 16.1. The van der Waals surface area contributed by atoms with E-state index >= 15 is 0 Å². The van der Waals surface area contributed by atoms with E-state index in [0.717, 1.165) is 43.1 Å². The number of rotatable bonds is 3. The fraction of sp³-hybridized carbons (Fsp3) is 0.667. The molecule has 2 rings (SSSR count). The van der Waals surface area contributed by atoms with Crippen LogP contribution in [0.1, 0.15) is 57.5 Å². The van der Waals surface area contributed by atoms with Gasteiger partial charge in [-0.05, 0) is 33.1 Å². The van der Waals surface area contributed by atoms with Crippen LogP contribution in [0.5, 0.6) is 0 Å². The molecule has 0 radical (unpaired) electrons. The first kappa shape index (κ1) is 14.0. The normalized spacial score (nSPS) is 19.8. The van der Waals surface area contributed by atoms with Crippen molar-refractivity contribution >= 4 is 11.6 Å². The van der Waals surface area contributed by atoms with Crippen LogP contribution < -0.4 is 4.90 Å². The number of anilines is 1. The quantitative estimate of drug-likeness (QED) is 0.839. The van der Waals surface area contributed by atoms with Crippen molar-refractivity contribution in [2.75, 3.05) is 11.4 Å². The number of piperidine rings is 1. The highest BCUT2D eigenvalue weighted by molar-refractivity contribution is 5.84. The number of nitrogens with zero attached hydrogens (tertiary/aromatic N) is 3. The van der Waals surface area contributed by atoms with E-state index in [9.17, 15) is 4.79 Å². The number of aryl methyl sites for hydroxylation is 1. The molecule has 1 aliphatic rings.